The van der Waals surface area contributed by atoms with Crippen LogP contribution >= 0.6 is 27.5 Å². The Labute approximate surface area is 137 Å². The third-order valence-corrected chi connectivity index (χ3v) is 5.07. The SMILES string of the molecule is COc1ccc(-c2nc(Cl)c(Br)c(C3CCCC3)n2)cn1. The highest BCUT2D eigenvalue weighted by Gasteiger charge is 2.23. The van der Waals surface area contributed by atoms with E-state index in [0.29, 0.717) is 22.8 Å². The van der Waals surface area contributed by atoms with Crippen molar-refractivity contribution in [2.24, 2.45) is 0 Å². The van der Waals surface area contributed by atoms with Crippen LogP contribution in [0.1, 0.15) is 37.3 Å². The Hall–Kier alpha value is -1.20. The lowest BCUT2D eigenvalue weighted by Gasteiger charge is -2.13. The van der Waals surface area contributed by atoms with Gasteiger partial charge in [0.15, 0.2) is 5.82 Å². The van der Waals surface area contributed by atoms with Crippen LogP contribution in [0.2, 0.25) is 5.15 Å². The number of hydrogen-bond donors (Lipinski definition) is 0. The van der Waals surface area contributed by atoms with Gasteiger partial charge in [-0.2, -0.15) is 0 Å². The predicted molar refractivity (Wildman–Crippen MR) is 85.7 cm³/mol. The molecule has 0 unspecified atom stereocenters. The summed E-state index contributed by atoms with van der Waals surface area (Å²) < 4.78 is 5.89. The van der Waals surface area contributed by atoms with Crippen molar-refractivity contribution in [2.75, 3.05) is 7.11 Å². The predicted octanol–water partition coefficient (Wildman–Crippen LogP) is 4.62. The minimum absolute atomic E-state index is 0.456. The Bertz CT molecular complexity index is 642. The van der Waals surface area contributed by atoms with Crippen LogP contribution in [0.4, 0.5) is 0 Å². The second-order valence-corrected chi connectivity index (χ2v) is 6.26. The molecule has 0 aliphatic heterocycles. The molecule has 1 saturated carbocycles. The van der Waals surface area contributed by atoms with Crippen molar-refractivity contribution >= 4 is 27.5 Å². The van der Waals surface area contributed by atoms with E-state index in [1.54, 1.807) is 19.4 Å². The van der Waals surface area contributed by atoms with E-state index >= 15 is 0 Å². The number of ether oxygens (including phenoxy) is 1. The third kappa shape index (κ3) is 3.04. The third-order valence-electron chi connectivity index (χ3n) is 3.78. The minimum Gasteiger partial charge on any atom is -0.481 e. The largest absolute Gasteiger partial charge is 0.481 e. The van der Waals surface area contributed by atoms with Crippen molar-refractivity contribution in [3.05, 3.63) is 33.6 Å². The highest BCUT2D eigenvalue weighted by Crippen LogP contribution is 2.39. The van der Waals surface area contributed by atoms with Gasteiger partial charge in [-0.25, -0.2) is 15.0 Å². The van der Waals surface area contributed by atoms with Crippen LogP contribution in [0.15, 0.2) is 22.8 Å². The summed E-state index contributed by atoms with van der Waals surface area (Å²) in [6.07, 6.45) is 6.52. The molecule has 0 bridgehead atoms. The van der Waals surface area contributed by atoms with Gasteiger partial charge in [0.1, 0.15) is 5.15 Å². The molecular formula is C15H15BrClN3O. The number of pyridine rings is 1. The molecular weight excluding hydrogens is 354 g/mol. The molecule has 0 saturated heterocycles. The van der Waals surface area contributed by atoms with E-state index in [0.717, 1.165) is 28.6 Å². The maximum absolute atomic E-state index is 6.26. The summed E-state index contributed by atoms with van der Waals surface area (Å²) in [5, 5.41) is 0.456. The van der Waals surface area contributed by atoms with E-state index in [9.17, 15) is 0 Å². The van der Waals surface area contributed by atoms with Gasteiger partial charge in [0, 0.05) is 23.7 Å². The Morgan fingerprint density at radius 2 is 2.00 bits per heavy atom. The summed E-state index contributed by atoms with van der Waals surface area (Å²) in [5.74, 6) is 1.64. The van der Waals surface area contributed by atoms with E-state index in [1.165, 1.54) is 12.8 Å². The van der Waals surface area contributed by atoms with Gasteiger partial charge in [-0.05, 0) is 34.8 Å². The number of halogens is 2. The number of rotatable bonds is 3. The smallest absolute Gasteiger partial charge is 0.212 e. The van der Waals surface area contributed by atoms with E-state index < -0.39 is 0 Å². The van der Waals surface area contributed by atoms with Gasteiger partial charge in [0.25, 0.3) is 0 Å². The first-order valence-electron chi connectivity index (χ1n) is 6.92. The van der Waals surface area contributed by atoms with Crippen LogP contribution in [0.5, 0.6) is 5.88 Å². The second-order valence-electron chi connectivity index (χ2n) is 5.11. The molecule has 2 aromatic heterocycles. The Kier molecular flexibility index (Phi) is 4.40. The van der Waals surface area contributed by atoms with Crippen molar-refractivity contribution < 1.29 is 4.74 Å². The maximum atomic E-state index is 6.26. The molecule has 1 aliphatic rings. The molecule has 3 rings (SSSR count). The van der Waals surface area contributed by atoms with Gasteiger partial charge in [0.2, 0.25) is 5.88 Å². The monoisotopic (exact) mass is 367 g/mol. The van der Waals surface area contributed by atoms with Crippen LogP contribution in [0.25, 0.3) is 11.4 Å². The molecule has 1 aliphatic carbocycles. The summed E-state index contributed by atoms with van der Waals surface area (Å²) in [6.45, 7) is 0. The van der Waals surface area contributed by atoms with Gasteiger partial charge < -0.3 is 4.74 Å². The Morgan fingerprint density at radius 1 is 1.24 bits per heavy atom. The summed E-state index contributed by atoms with van der Waals surface area (Å²) in [5.41, 5.74) is 1.85. The molecule has 0 amide bonds. The molecule has 2 heterocycles. The first kappa shape index (κ1) is 14.7. The van der Waals surface area contributed by atoms with Crippen LogP contribution in [0, 0.1) is 0 Å². The lowest BCUT2D eigenvalue weighted by Crippen LogP contribution is -2.03. The summed E-state index contributed by atoms with van der Waals surface area (Å²) in [4.78, 5) is 13.3. The minimum atomic E-state index is 0.456. The highest BCUT2D eigenvalue weighted by atomic mass is 79.9. The zero-order valence-corrected chi connectivity index (χ0v) is 14.0. The fourth-order valence-corrected chi connectivity index (χ4v) is 3.35. The van der Waals surface area contributed by atoms with Gasteiger partial charge in [0.05, 0.1) is 17.3 Å². The normalized spacial score (nSPS) is 15.4. The van der Waals surface area contributed by atoms with Crippen LogP contribution in [0.3, 0.4) is 0 Å². The zero-order valence-electron chi connectivity index (χ0n) is 11.6. The summed E-state index contributed by atoms with van der Waals surface area (Å²) >= 11 is 9.79. The zero-order chi connectivity index (χ0) is 14.8. The number of hydrogen-bond acceptors (Lipinski definition) is 4. The lowest BCUT2D eigenvalue weighted by molar-refractivity contribution is 0.398. The van der Waals surface area contributed by atoms with E-state index in [1.807, 2.05) is 6.07 Å². The highest BCUT2D eigenvalue weighted by molar-refractivity contribution is 9.10. The second kappa shape index (κ2) is 6.28. The molecule has 4 nitrogen and oxygen atoms in total. The fraction of sp³-hybridized carbons (Fsp3) is 0.400. The molecule has 21 heavy (non-hydrogen) atoms. The van der Waals surface area contributed by atoms with Gasteiger partial charge in [-0.1, -0.05) is 24.4 Å². The number of aromatic nitrogens is 3. The van der Waals surface area contributed by atoms with E-state index in [-0.39, 0.29) is 0 Å². The fourth-order valence-electron chi connectivity index (χ4n) is 2.67. The summed E-state index contributed by atoms with van der Waals surface area (Å²) in [7, 11) is 1.59. The molecule has 1 fully saturated rings. The molecule has 0 spiro atoms. The molecule has 2 aromatic rings. The van der Waals surface area contributed by atoms with Gasteiger partial charge in [-0.15, -0.1) is 0 Å². The molecule has 0 atom stereocenters. The first-order valence-corrected chi connectivity index (χ1v) is 8.09. The molecule has 0 radical (unpaired) electrons. The van der Waals surface area contributed by atoms with E-state index in [4.69, 9.17) is 21.3 Å². The standard InChI is InChI=1S/C15H15BrClN3O/c1-21-11-7-6-10(8-18-11)15-19-13(9-4-2-3-5-9)12(16)14(17)20-15/h6-9H,2-5H2,1H3. The lowest BCUT2D eigenvalue weighted by atomic mass is 10.0. The van der Waals surface area contributed by atoms with Crippen LogP contribution in [-0.4, -0.2) is 22.1 Å². The van der Waals surface area contributed by atoms with E-state index in [2.05, 4.69) is 25.9 Å². The van der Waals surface area contributed by atoms with Crippen molar-refractivity contribution in [1.29, 1.82) is 0 Å². The van der Waals surface area contributed by atoms with Gasteiger partial charge in [-0.3, -0.25) is 0 Å². The van der Waals surface area contributed by atoms with Crippen molar-refractivity contribution in [1.82, 2.24) is 15.0 Å². The molecule has 0 N–H and O–H groups in total. The average molecular weight is 369 g/mol. The van der Waals surface area contributed by atoms with Crippen molar-refractivity contribution in [2.45, 2.75) is 31.6 Å². The summed E-state index contributed by atoms with van der Waals surface area (Å²) in [6, 6.07) is 3.69. The molecule has 6 heteroatoms. The quantitative estimate of drug-likeness (QED) is 0.742. The average Bonchev–Trinajstić information content (AvgIpc) is 3.04. The molecule has 0 aromatic carbocycles. The van der Waals surface area contributed by atoms with Gasteiger partial charge >= 0.3 is 0 Å². The molecule has 110 valence electrons. The van der Waals surface area contributed by atoms with Crippen molar-refractivity contribution in [3.8, 4) is 17.3 Å². The maximum Gasteiger partial charge on any atom is 0.212 e. The Balaban J connectivity index is 2.01. The Morgan fingerprint density at radius 3 is 2.62 bits per heavy atom. The number of nitrogens with zero attached hydrogens (tertiary/aromatic N) is 3. The van der Waals surface area contributed by atoms with Crippen LogP contribution in [-0.2, 0) is 0 Å². The number of methoxy groups -OCH3 is 1. The first-order chi connectivity index (χ1) is 10.2. The topological polar surface area (TPSA) is 47.9 Å². The van der Waals surface area contributed by atoms with Crippen LogP contribution < -0.4 is 4.74 Å². The van der Waals surface area contributed by atoms with Crippen molar-refractivity contribution in [3.63, 3.8) is 0 Å².